The minimum Gasteiger partial charge on any atom is -0.398 e. The van der Waals surface area contributed by atoms with Gasteiger partial charge >= 0.3 is 0 Å². The molecule has 1 aromatic rings. The normalized spacial score (nSPS) is 8.88. The van der Waals surface area contributed by atoms with E-state index < -0.39 is 5.82 Å². The van der Waals surface area contributed by atoms with E-state index in [1.54, 1.807) is 13.0 Å². The topological polar surface area (TPSA) is 74.8 Å². The third-order valence-electron chi connectivity index (χ3n) is 2.05. The predicted octanol–water partition coefficient (Wildman–Crippen LogP) is 2.77. The quantitative estimate of drug-likeness (QED) is 0.203. The molecule has 1 rings (SSSR count). The average Bonchev–Trinajstić information content (AvgIpc) is 2.28. The van der Waals surface area contributed by atoms with E-state index in [2.05, 4.69) is 21.9 Å². The number of anilines is 1. The Balaban J connectivity index is 2.81. The van der Waals surface area contributed by atoms with Crippen LogP contribution in [0.1, 0.15) is 17.5 Å². The number of hydrogen-bond acceptors (Lipinski definition) is 2. The molecule has 0 amide bonds. The SMILES string of the molecule is Cc1c(N)ccc(C#CCCN=[N+]=[N-])c1F. The molecule has 0 aliphatic rings. The third kappa shape index (κ3) is 2.91. The fourth-order valence-electron chi connectivity index (χ4n) is 1.10. The molecule has 0 atom stereocenters. The van der Waals surface area contributed by atoms with Gasteiger partial charge in [-0.2, -0.15) is 0 Å². The van der Waals surface area contributed by atoms with Crippen LogP contribution < -0.4 is 5.73 Å². The summed E-state index contributed by atoms with van der Waals surface area (Å²) >= 11 is 0. The zero-order valence-corrected chi connectivity index (χ0v) is 8.87. The van der Waals surface area contributed by atoms with Gasteiger partial charge in [-0.15, -0.1) is 0 Å². The highest BCUT2D eigenvalue weighted by atomic mass is 19.1. The summed E-state index contributed by atoms with van der Waals surface area (Å²) in [6.07, 6.45) is 0.410. The molecule has 0 spiro atoms. The van der Waals surface area contributed by atoms with Crippen molar-refractivity contribution >= 4 is 5.69 Å². The average molecular weight is 218 g/mol. The maximum Gasteiger partial charge on any atom is 0.143 e. The molecule has 0 fully saturated rings. The second-order valence-electron chi connectivity index (χ2n) is 3.15. The zero-order chi connectivity index (χ0) is 12.0. The summed E-state index contributed by atoms with van der Waals surface area (Å²) in [6.45, 7) is 1.90. The van der Waals surface area contributed by atoms with Crippen molar-refractivity contribution in [2.45, 2.75) is 13.3 Å². The van der Waals surface area contributed by atoms with E-state index >= 15 is 0 Å². The zero-order valence-electron chi connectivity index (χ0n) is 8.87. The summed E-state index contributed by atoms with van der Waals surface area (Å²) in [5.41, 5.74) is 14.7. The van der Waals surface area contributed by atoms with E-state index in [-0.39, 0.29) is 0 Å². The Kier molecular flexibility index (Phi) is 4.19. The summed E-state index contributed by atoms with van der Waals surface area (Å²) in [7, 11) is 0. The van der Waals surface area contributed by atoms with E-state index in [0.717, 1.165) is 0 Å². The Morgan fingerprint density at radius 1 is 1.56 bits per heavy atom. The monoisotopic (exact) mass is 218 g/mol. The molecule has 16 heavy (non-hydrogen) atoms. The summed E-state index contributed by atoms with van der Waals surface area (Å²) in [5.74, 6) is 5.01. The van der Waals surface area contributed by atoms with E-state index in [9.17, 15) is 4.39 Å². The van der Waals surface area contributed by atoms with Crippen LogP contribution in [-0.2, 0) is 0 Å². The maximum atomic E-state index is 13.6. The molecule has 0 heterocycles. The summed E-state index contributed by atoms with van der Waals surface area (Å²) in [4.78, 5) is 2.59. The Morgan fingerprint density at radius 3 is 3.00 bits per heavy atom. The maximum absolute atomic E-state index is 13.6. The molecule has 0 radical (unpaired) electrons. The molecule has 4 nitrogen and oxygen atoms in total. The van der Waals surface area contributed by atoms with Crippen LogP contribution in [-0.4, -0.2) is 6.54 Å². The standard InChI is InChI=1S/C11H11FN4/c1-8-10(13)6-5-9(11(8)12)4-2-3-7-15-16-14/h5-6H,3,7,13H2,1H3. The molecule has 5 heteroatoms. The van der Waals surface area contributed by atoms with Crippen LogP contribution in [0, 0.1) is 24.6 Å². The van der Waals surface area contributed by atoms with E-state index in [4.69, 9.17) is 11.3 Å². The van der Waals surface area contributed by atoms with Crippen molar-refractivity contribution in [3.05, 3.63) is 39.5 Å². The molecule has 0 aromatic heterocycles. The molecule has 0 aliphatic carbocycles. The van der Waals surface area contributed by atoms with Crippen LogP contribution >= 0.6 is 0 Å². The predicted molar refractivity (Wildman–Crippen MR) is 61.1 cm³/mol. The van der Waals surface area contributed by atoms with Crippen molar-refractivity contribution in [1.82, 2.24) is 0 Å². The second kappa shape index (κ2) is 5.64. The van der Waals surface area contributed by atoms with Crippen LogP contribution in [0.25, 0.3) is 10.4 Å². The highest BCUT2D eigenvalue weighted by Gasteiger charge is 2.05. The Labute approximate surface area is 92.9 Å². The van der Waals surface area contributed by atoms with Gasteiger partial charge in [0.2, 0.25) is 0 Å². The Bertz CT molecular complexity index is 493. The number of nitrogen functional groups attached to an aromatic ring is 1. The lowest BCUT2D eigenvalue weighted by Gasteiger charge is -2.02. The summed E-state index contributed by atoms with van der Waals surface area (Å²) < 4.78 is 13.6. The van der Waals surface area contributed by atoms with Crippen molar-refractivity contribution in [2.24, 2.45) is 5.11 Å². The highest BCUT2D eigenvalue weighted by Crippen LogP contribution is 2.17. The number of halogens is 1. The van der Waals surface area contributed by atoms with Crippen molar-refractivity contribution in [2.75, 3.05) is 12.3 Å². The van der Waals surface area contributed by atoms with Gasteiger partial charge in [-0.3, -0.25) is 0 Å². The van der Waals surface area contributed by atoms with Crippen LogP contribution in [0.2, 0.25) is 0 Å². The van der Waals surface area contributed by atoms with Gasteiger partial charge in [-0.05, 0) is 24.6 Å². The first-order valence-corrected chi connectivity index (χ1v) is 4.71. The van der Waals surface area contributed by atoms with Gasteiger partial charge in [-0.25, -0.2) is 4.39 Å². The summed E-state index contributed by atoms with van der Waals surface area (Å²) in [5, 5.41) is 3.32. The van der Waals surface area contributed by atoms with Crippen LogP contribution in [0.3, 0.4) is 0 Å². The van der Waals surface area contributed by atoms with Crippen LogP contribution in [0.15, 0.2) is 17.2 Å². The van der Waals surface area contributed by atoms with Gasteiger partial charge in [0, 0.05) is 29.1 Å². The number of benzene rings is 1. The number of nitrogens with two attached hydrogens (primary N) is 1. The molecule has 0 saturated heterocycles. The molecule has 0 aliphatic heterocycles. The van der Waals surface area contributed by atoms with Crippen molar-refractivity contribution in [3.63, 3.8) is 0 Å². The molecular formula is C11H11FN4. The number of nitrogens with zero attached hydrogens (tertiary/aromatic N) is 3. The Hall–Kier alpha value is -2.18. The smallest absolute Gasteiger partial charge is 0.143 e. The van der Waals surface area contributed by atoms with Crippen molar-refractivity contribution < 1.29 is 4.39 Å². The van der Waals surface area contributed by atoms with Crippen molar-refractivity contribution in [3.8, 4) is 11.8 Å². The van der Waals surface area contributed by atoms with Crippen LogP contribution in [0.4, 0.5) is 10.1 Å². The van der Waals surface area contributed by atoms with E-state index in [1.165, 1.54) is 6.07 Å². The van der Waals surface area contributed by atoms with Crippen LogP contribution in [0.5, 0.6) is 0 Å². The van der Waals surface area contributed by atoms with Gasteiger partial charge in [-0.1, -0.05) is 17.0 Å². The van der Waals surface area contributed by atoms with Gasteiger partial charge < -0.3 is 5.73 Å². The number of rotatable bonds is 2. The summed E-state index contributed by atoms with van der Waals surface area (Å²) in [6, 6.07) is 3.16. The molecule has 0 unspecified atom stereocenters. The molecule has 0 saturated carbocycles. The first-order valence-electron chi connectivity index (χ1n) is 4.71. The lowest BCUT2D eigenvalue weighted by molar-refractivity contribution is 0.616. The molecule has 1 aromatic carbocycles. The number of azide groups is 1. The Morgan fingerprint density at radius 2 is 2.31 bits per heavy atom. The fourth-order valence-corrected chi connectivity index (χ4v) is 1.10. The highest BCUT2D eigenvalue weighted by molar-refractivity contribution is 5.52. The largest absolute Gasteiger partial charge is 0.398 e. The van der Waals surface area contributed by atoms with E-state index in [1.807, 2.05) is 0 Å². The molecular weight excluding hydrogens is 207 g/mol. The molecule has 82 valence electrons. The first-order chi connectivity index (χ1) is 7.66. The van der Waals surface area contributed by atoms with Gasteiger partial charge in [0.25, 0.3) is 0 Å². The van der Waals surface area contributed by atoms with Gasteiger partial charge in [0.15, 0.2) is 0 Å². The minimum absolute atomic E-state index is 0.291. The number of hydrogen-bond donors (Lipinski definition) is 1. The minimum atomic E-state index is -0.392. The lowest BCUT2D eigenvalue weighted by atomic mass is 10.1. The van der Waals surface area contributed by atoms with Gasteiger partial charge in [0.1, 0.15) is 5.82 Å². The lowest BCUT2D eigenvalue weighted by Crippen LogP contribution is -1.95. The second-order valence-corrected chi connectivity index (χ2v) is 3.15. The first kappa shape index (κ1) is 11.9. The molecule has 2 N–H and O–H groups in total. The molecule has 0 bridgehead atoms. The van der Waals surface area contributed by atoms with Gasteiger partial charge in [0.05, 0.1) is 5.56 Å². The van der Waals surface area contributed by atoms with Crippen molar-refractivity contribution in [1.29, 1.82) is 0 Å². The fraction of sp³-hybridized carbons (Fsp3) is 0.273. The third-order valence-corrected chi connectivity index (χ3v) is 2.05. The van der Waals surface area contributed by atoms with E-state index in [0.29, 0.717) is 29.8 Å².